The number of nitrogens with one attached hydrogen (secondary N) is 1. The van der Waals surface area contributed by atoms with Crippen LogP contribution >= 0.6 is 0 Å². The third-order valence-corrected chi connectivity index (χ3v) is 4.80. The Hall–Kier alpha value is -0.120. The molecule has 2 fully saturated rings. The lowest BCUT2D eigenvalue weighted by atomic mass is 9.78. The van der Waals surface area contributed by atoms with Crippen LogP contribution in [0, 0.1) is 5.41 Å². The minimum Gasteiger partial charge on any atom is -0.316 e. The molecular formula is C14H29N3. The molecule has 0 aromatic carbocycles. The molecule has 0 aromatic heterocycles. The quantitative estimate of drug-likeness (QED) is 0.786. The van der Waals surface area contributed by atoms with Crippen LogP contribution in [0.2, 0.25) is 0 Å². The van der Waals surface area contributed by atoms with Gasteiger partial charge in [0.2, 0.25) is 0 Å². The molecule has 2 rings (SSSR count). The summed E-state index contributed by atoms with van der Waals surface area (Å²) in [5.74, 6) is 0. The maximum Gasteiger partial charge on any atom is 0.0218 e. The molecule has 100 valence electrons. The Morgan fingerprint density at radius 3 is 2.71 bits per heavy atom. The van der Waals surface area contributed by atoms with Crippen LogP contribution in [0.4, 0.5) is 0 Å². The van der Waals surface area contributed by atoms with Gasteiger partial charge >= 0.3 is 0 Å². The molecule has 0 spiro atoms. The van der Waals surface area contributed by atoms with Crippen LogP contribution in [0.3, 0.4) is 0 Å². The van der Waals surface area contributed by atoms with Gasteiger partial charge < -0.3 is 10.2 Å². The third-order valence-electron chi connectivity index (χ3n) is 4.80. The molecular weight excluding hydrogens is 210 g/mol. The normalized spacial score (nSPS) is 36.0. The number of piperidine rings is 1. The minimum atomic E-state index is 0.423. The van der Waals surface area contributed by atoms with E-state index in [2.05, 4.69) is 42.9 Å². The summed E-state index contributed by atoms with van der Waals surface area (Å²) in [6.07, 6.45) is 2.59. The molecule has 2 unspecified atom stereocenters. The number of piperazine rings is 1. The van der Waals surface area contributed by atoms with Crippen molar-refractivity contribution in [3.63, 3.8) is 0 Å². The van der Waals surface area contributed by atoms with Gasteiger partial charge in [0.25, 0.3) is 0 Å². The summed E-state index contributed by atoms with van der Waals surface area (Å²) in [5.41, 5.74) is 0.423. The van der Waals surface area contributed by atoms with Crippen LogP contribution in [0.1, 0.15) is 33.6 Å². The Kier molecular flexibility index (Phi) is 4.11. The van der Waals surface area contributed by atoms with Crippen molar-refractivity contribution in [1.29, 1.82) is 0 Å². The van der Waals surface area contributed by atoms with Crippen molar-refractivity contribution in [2.75, 3.05) is 39.8 Å². The maximum absolute atomic E-state index is 3.54. The van der Waals surface area contributed by atoms with E-state index in [0.717, 1.165) is 12.1 Å². The molecule has 3 heteroatoms. The standard InChI is InChI=1S/C14H29N3/c1-5-12-10-17(9-8-16(12)4)13-6-7-15-11-14(13,2)3/h12-13,15H,5-11H2,1-4H3. The van der Waals surface area contributed by atoms with E-state index in [1.807, 2.05) is 0 Å². The molecule has 2 atom stereocenters. The summed E-state index contributed by atoms with van der Waals surface area (Å²) in [6.45, 7) is 13.3. The van der Waals surface area contributed by atoms with E-state index >= 15 is 0 Å². The summed E-state index contributed by atoms with van der Waals surface area (Å²) in [5, 5.41) is 3.54. The Morgan fingerprint density at radius 1 is 1.29 bits per heavy atom. The van der Waals surface area contributed by atoms with Crippen molar-refractivity contribution in [2.24, 2.45) is 5.41 Å². The molecule has 2 aliphatic heterocycles. The first-order chi connectivity index (χ1) is 8.04. The molecule has 2 heterocycles. The lowest BCUT2D eigenvalue weighted by Crippen LogP contribution is -2.61. The lowest BCUT2D eigenvalue weighted by Gasteiger charge is -2.50. The van der Waals surface area contributed by atoms with Crippen LogP contribution in [0.25, 0.3) is 0 Å². The van der Waals surface area contributed by atoms with Crippen LogP contribution in [-0.2, 0) is 0 Å². The second-order valence-electron chi connectivity index (χ2n) is 6.51. The molecule has 0 bridgehead atoms. The molecule has 0 aromatic rings. The molecule has 17 heavy (non-hydrogen) atoms. The van der Waals surface area contributed by atoms with E-state index in [4.69, 9.17) is 0 Å². The third kappa shape index (κ3) is 2.83. The van der Waals surface area contributed by atoms with Gasteiger partial charge in [-0.25, -0.2) is 0 Å². The van der Waals surface area contributed by atoms with E-state index in [1.165, 1.54) is 45.6 Å². The molecule has 2 aliphatic rings. The Labute approximate surface area is 107 Å². The number of rotatable bonds is 2. The molecule has 0 radical (unpaired) electrons. The highest BCUT2D eigenvalue weighted by molar-refractivity contribution is 4.94. The second-order valence-corrected chi connectivity index (χ2v) is 6.51. The summed E-state index contributed by atoms with van der Waals surface area (Å²) >= 11 is 0. The summed E-state index contributed by atoms with van der Waals surface area (Å²) < 4.78 is 0. The maximum atomic E-state index is 3.54. The molecule has 0 amide bonds. The number of nitrogens with zero attached hydrogens (tertiary/aromatic N) is 2. The van der Waals surface area contributed by atoms with Gasteiger partial charge in [-0.15, -0.1) is 0 Å². The summed E-state index contributed by atoms with van der Waals surface area (Å²) in [6, 6.07) is 1.53. The van der Waals surface area contributed by atoms with Gasteiger partial charge in [-0.2, -0.15) is 0 Å². The largest absolute Gasteiger partial charge is 0.316 e. The van der Waals surface area contributed by atoms with Gasteiger partial charge in [0.15, 0.2) is 0 Å². The van der Waals surface area contributed by atoms with Crippen LogP contribution in [0.15, 0.2) is 0 Å². The van der Waals surface area contributed by atoms with Crippen molar-refractivity contribution in [1.82, 2.24) is 15.1 Å². The average Bonchev–Trinajstić information content (AvgIpc) is 2.30. The lowest BCUT2D eigenvalue weighted by molar-refractivity contribution is 0.00215. The fourth-order valence-corrected chi connectivity index (χ4v) is 3.53. The zero-order valence-corrected chi connectivity index (χ0v) is 12.0. The van der Waals surface area contributed by atoms with E-state index in [1.54, 1.807) is 0 Å². The predicted octanol–water partition coefficient (Wildman–Crippen LogP) is 1.40. The molecule has 2 saturated heterocycles. The van der Waals surface area contributed by atoms with Crippen LogP contribution < -0.4 is 5.32 Å². The Bertz CT molecular complexity index is 252. The number of hydrogen-bond acceptors (Lipinski definition) is 3. The SMILES string of the molecule is CCC1CN(C2CCNCC2(C)C)CCN1C. The van der Waals surface area contributed by atoms with Crippen molar-refractivity contribution in [3.8, 4) is 0 Å². The van der Waals surface area contributed by atoms with Gasteiger partial charge in [-0.1, -0.05) is 20.8 Å². The first kappa shape index (κ1) is 13.3. The summed E-state index contributed by atoms with van der Waals surface area (Å²) in [4.78, 5) is 5.29. The summed E-state index contributed by atoms with van der Waals surface area (Å²) in [7, 11) is 2.28. The number of hydrogen-bond donors (Lipinski definition) is 1. The number of likely N-dealkylation sites (N-methyl/N-ethyl adjacent to an activating group) is 1. The first-order valence-corrected chi connectivity index (χ1v) is 7.19. The van der Waals surface area contributed by atoms with Crippen LogP contribution in [-0.4, -0.2) is 61.7 Å². The van der Waals surface area contributed by atoms with E-state index in [0.29, 0.717) is 5.41 Å². The minimum absolute atomic E-state index is 0.423. The van der Waals surface area contributed by atoms with E-state index in [-0.39, 0.29) is 0 Å². The molecule has 3 nitrogen and oxygen atoms in total. The zero-order chi connectivity index (χ0) is 12.5. The fraction of sp³-hybridized carbons (Fsp3) is 1.00. The molecule has 1 N–H and O–H groups in total. The van der Waals surface area contributed by atoms with Crippen molar-refractivity contribution in [2.45, 2.75) is 45.7 Å². The highest BCUT2D eigenvalue weighted by Gasteiger charge is 2.38. The zero-order valence-electron chi connectivity index (χ0n) is 12.0. The highest BCUT2D eigenvalue weighted by atomic mass is 15.3. The van der Waals surface area contributed by atoms with Gasteiger partial charge in [0.1, 0.15) is 0 Å². The second kappa shape index (κ2) is 5.25. The van der Waals surface area contributed by atoms with Crippen LogP contribution in [0.5, 0.6) is 0 Å². The Balaban J connectivity index is 2.01. The highest BCUT2D eigenvalue weighted by Crippen LogP contribution is 2.31. The molecule has 0 saturated carbocycles. The van der Waals surface area contributed by atoms with Crippen molar-refractivity contribution in [3.05, 3.63) is 0 Å². The van der Waals surface area contributed by atoms with Gasteiger partial charge in [0, 0.05) is 38.3 Å². The van der Waals surface area contributed by atoms with Crippen molar-refractivity contribution >= 4 is 0 Å². The van der Waals surface area contributed by atoms with E-state index < -0.39 is 0 Å². The fourth-order valence-electron chi connectivity index (χ4n) is 3.53. The van der Waals surface area contributed by atoms with Crippen molar-refractivity contribution < 1.29 is 0 Å². The topological polar surface area (TPSA) is 18.5 Å². The first-order valence-electron chi connectivity index (χ1n) is 7.19. The molecule has 0 aliphatic carbocycles. The average molecular weight is 239 g/mol. The predicted molar refractivity (Wildman–Crippen MR) is 73.3 cm³/mol. The van der Waals surface area contributed by atoms with Gasteiger partial charge in [-0.05, 0) is 31.8 Å². The Morgan fingerprint density at radius 2 is 2.06 bits per heavy atom. The van der Waals surface area contributed by atoms with Gasteiger partial charge in [-0.3, -0.25) is 4.90 Å². The van der Waals surface area contributed by atoms with E-state index in [9.17, 15) is 0 Å². The van der Waals surface area contributed by atoms with Gasteiger partial charge in [0.05, 0.1) is 0 Å². The monoisotopic (exact) mass is 239 g/mol. The smallest absolute Gasteiger partial charge is 0.0218 e.